The summed E-state index contributed by atoms with van der Waals surface area (Å²) in [5.41, 5.74) is 0. The van der Waals surface area contributed by atoms with Gasteiger partial charge in [0.05, 0.1) is 13.2 Å². The van der Waals surface area contributed by atoms with E-state index in [1.165, 1.54) is 4.72 Å². The van der Waals surface area contributed by atoms with Crippen LogP contribution in [0.15, 0.2) is 0 Å². The smallest absolute Gasteiger partial charge is 0.431 e. The lowest BCUT2D eigenvalue weighted by Crippen LogP contribution is -2.71. The van der Waals surface area contributed by atoms with E-state index in [0.717, 1.165) is 6.92 Å². The number of ether oxygens (including phenoxy) is 7. The van der Waals surface area contributed by atoms with E-state index in [-0.39, 0.29) is 0 Å². The Morgan fingerprint density at radius 3 is 1.36 bits per heavy atom. The topological polar surface area (TPSA) is 610 Å². The quantitative estimate of drug-likeness (QED) is 0.0375. The number of amides is 1. The van der Waals surface area contributed by atoms with E-state index >= 15 is 0 Å². The molecule has 39 nitrogen and oxygen atoms in total. The fourth-order valence-corrected chi connectivity index (χ4v) is 9.43. The van der Waals surface area contributed by atoms with Crippen molar-refractivity contribution in [2.75, 3.05) is 13.2 Å². The molecule has 4 aliphatic rings. The maximum Gasteiger partial charge on any atom is 0.431 e. The lowest BCUT2D eigenvalue weighted by Gasteiger charge is -2.50. The van der Waals surface area contributed by atoms with Crippen molar-refractivity contribution in [1.29, 1.82) is 0 Å². The van der Waals surface area contributed by atoms with E-state index in [2.05, 4.69) is 16.7 Å². The normalized spacial score (nSPS) is 37.7. The number of aliphatic hydroxyl groups excluding tert-OH is 6. The van der Waals surface area contributed by atoms with Gasteiger partial charge in [0.1, 0.15) is 73.1 Å². The van der Waals surface area contributed by atoms with E-state index in [1.807, 2.05) is 5.32 Å². The molecule has 20 atom stereocenters. The maximum absolute atomic E-state index is 12.7. The molecule has 51 heteroatoms. The monoisotopic (exact) mass is 1280 g/mol. The minimum Gasteiger partial charge on any atom is -0.479 e. The van der Waals surface area contributed by atoms with Crippen molar-refractivity contribution in [2.24, 2.45) is 0 Å². The van der Waals surface area contributed by atoms with Crippen LogP contribution in [-0.2, 0) is 116 Å². The molecule has 456 valence electrons. The third-order valence-electron chi connectivity index (χ3n) is 9.68. The number of halogens is 6. The summed E-state index contributed by atoms with van der Waals surface area (Å²) in [6.45, 7) is -2.24. The summed E-state index contributed by atoms with van der Waals surface area (Å²) in [5.74, 6) is -5.49. The van der Waals surface area contributed by atoms with E-state index in [0.29, 0.717) is 0 Å². The lowest BCUT2D eigenvalue weighted by molar-refractivity contribution is -0.366. The van der Waals surface area contributed by atoms with Crippen LogP contribution in [0.25, 0.3) is 0 Å². The Kier molecular flexibility index (Phi) is 21.3. The average Bonchev–Trinajstić information content (AvgIpc) is 3.19. The van der Waals surface area contributed by atoms with Gasteiger partial charge in [0.15, 0.2) is 49.6 Å². The highest BCUT2D eigenvalue weighted by atomic mass is 32.5. The molecular weight excluding hydrogens is 1240 g/mol. The number of carboxylic acid groups (broad SMARTS) is 2. The SMILES string of the molecule is CC(=O)N[C@@H]1[C@@H](O)[C@H](O[C@@H]2O[C@H](C(=O)O)[C@@H](O[C@@H]3O[C@H](CO)[C@@H](O[C@H]4O[C@@H](C(=O)O)[C@H](O)[C@@H](O)[C@@H]4OS(=O)(=O)O)[C@H](OS(=O)(=O)O)[C@H]3NS(=O)(=O)O)[C@H](O)[C@H]2OS(=O)(=O)O)[C@H](COS(=O)(=O)O)O[C@H]1O.FS(F)(F)(F)(F)F. The molecule has 4 aliphatic heterocycles. The molecule has 0 radical (unpaired) electrons. The zero-order valence-electron chi connectivity index (χ0n) is 36.8. The summed E-state index contributed by atoms with van der Waals surface area (Å²) in [6, 6.07) is -4.96. The number of carboxylic acids is 2. The standard InChI is InChI=1S/C26H42N2O37S5.F6S/c1-4(30)27-7-9(31)13(6(56-23(7)39)3-55-67(43,44)45)58-26-19(65-70(52,53)54)12(34)16(20(62-26)22(37)38)60-24-8(28-66(40,41)42)15(63-68(46,47)48)14(5(2-29)57-24)59-25-18(64-69(49,50)51)11(33)10(32)17(61-25)21(35)36;1-7(2,3,4,5)6/h5-20,23-26,28-29,31-34,39H,2-3H2,1H3,(H,27,30)(H,35,36)(H,37,38)(H,40,41,42)(H,43,44,45)(H,46,47,48)(H,49,50,51)(H,52,53,54);/t5-,6+,7-,8-,9-,10-,11-,12+,13-,14-,15-,16+,17-,18+,19-,20+,23-,24+,25+,26-;/m1./s1. The maximum atomic E-state index is 12.7. The van der Waals surface area contributed by atoms with Gasteiger partial charge in [-0.25, -0.2) is 26.3 Å². The van der Waals surface area contributed by atoms with Gasteiger partial charge in [-0.1, -0.05) is 23.3 Å². The van der Waals surface area contributed by atoms with Crippen molar-refractivity contribution in [1.82, 2.24) is 10.0 Å². The van der Waals surface area contributed by atoms with Crippen molar-refractivity contribution in [3.05, 3.63) is 0 Å². The summed E-state index contributed by atoms with van der Waals surface area (Å²) < 4.78 is 281. The average molecular weight is 1280 g/mol. The number of nitrogens with one attached hydrogen (secondary N) is 2. The Morgan fingerprint density at radius 1 is 0.519 bits per heavy atom. The van der Waals surface area contributed by atoms with Crippen LogP contribution in [0.2, 0.25) is 0 Å². The van der Waals surface area contributed by atoms with Crippen LogP contribution in [0.5, 0.6) is 0 Å². The molecule has 4 heterocycles. The van der Waals surface area contributed by atoms with Crippen LogP contribution in [0.3, 0.4) is 0 Å². The van der Waals surface area contributed by atoms with Gasteiger partial charge in [-0.3, -0.25) is 27.6 Å². The summed E-state index contributed by atoms with van der Waals surface area (Å²) in [6.07, 6.45) is -49.1. The summed E-state index contributed by atoms with van der Waals surface area (Å²) >= 11 is 0. The minimum atomic E-state index is -10.5. The van der Waals surface area contributed by atoms with E-state index < -0.39 is 216 Å². The lowest BCUT2D eigenvalue weighted by atomic mass is 9.94. The molecule has 77 heavy (non-hydrogen) atoms. The molecule has 0 spiro atoms. The molecule has 0 saturated carbocycles. The number of aliphatic carboxylic acids is 2. The zero-order valence-corrected chi connectivity index (χ0v) is 41.7. The largest absolute Gasteiger partial charge is 0.479 e. The van der Waals surface area contributed by atoms with Crippen LogP contribution >= 0.6 is 10.6 Å². The molecule has 4 saturated heterocycles. The van der Waals surface area contributed by atoms with Gasteiger partial charge in [-0.15, -0.1) is 0 Å². The van der Waals surface area contributed by atoms with Gasteiger partial charge in [-0.2, -0.15) is 46.8 Å². The van der Waals surface area contributed by atoms with Crippen LogP contribution < -0.4 is 10.0 Å². The van der Waals surface area contributed by atoms with Crippen LogP contribution in [0, 0.1) is 0 Å². The van der Waals surface area contributed by atoms with E-state index in [9.17, 15) is 139 Å². The molecule has 0 aromatic heterocycles. The second kappa shape index (κ2) is 23.9. The zero-order chi connectivity index (χ0) is 59.8. The molecule has 0 unspecified atom stereocenters. The second-order valence-corrected chi connectivity index (χ2v) is 22.6. The highest BCUT2D eigenvalue weighted by molar-refractivity contribution is 8.41. The first-order valence-corrected chi connectivity index (χ1v) is 28.1. The van der Waals surface area contributed by atoms with Gasteiger partial charge >= 0.3 is 74.4 Å². The van der Waals surface area contributed by atoms with Crippen molar-refractivity contribution < 1.29 is 193 Å². The molecule has 1 amide bonds. The van der Waals surface area contributed by atoms with Crippen molar-refractivity contribution >= 4 is 80.4 Å². The molecule has 4 rings (SSSR count). The summed E-state index contributed by atoms with van der Waals surface area (Å²) in [5, 5.41) is 86.0. The van der Waals surface area contributed by atoms with Crippen LogP contribution in [0.1, 0.15) is 6.92 Å². The first-order chi connectivity index (χ1) is 34.3. The third-order valence-corrected chi connectivity index (χ3v) is 12.1. The second-order valence-electron chi connectivity index (χ2n) is 15.5. The molecule has 0 bridgehead atoms. The molecular formula is C26H42F6N2O37S6. The van der Waals surface area contributed by atoms with Crippen molar-refractivity contribution in [3.63, 3.8) is 0 Å². The van der Waals surface area contributed by atoms with Crippen molar-refractivity contribution in [3.8, 4) is 0 Å². The highest BCUT2D eigenvalue weighted by Gasteiger charge is 2.65. The Labute approximate surface area is 425 Å². The predicted octanol–water partition coefficient (Wildman–Crippen LogP) is -7.54. The summed E-state index contributed by atoms with van der Waals surface area (Å²) in [7, 11) is -39.6. The van der Waals surface area contributed by atoms with Gasteiger partial charge < -0.3 is 79.3 Å². The van der Waals surface area contributed by atoms with Gasteiger partial charge in [0.2, 0.25) is 5.91 Å². The highest BCUT2D eigenvalue weighted by Crippen LogP contribution is 2.99. The number of hydrogen-bond acceptors (Lipinski definition) is 30. The Bertz CT molecular complexity index is 2680. The first kappa shape index (κ1) is 68.4. The van der Waals surface area contributed by atoms with E-state index in [1.54, 1.807) is 0 Å². The molecule has 0 aliphatic carbocycles. The first-order valence-electron chi connectivity index (χ1n) is 19.4. The van der Waals surface area contributed by atoms with Gasteiger partial charge in [0.25, 0.3) is 0 Å². The predicted molar refractivity (Wildman–Crippen MR) is 215 cm³/mol. The number of hydrogen-bond donors (Lipinski definition) is 15. The van der Waals surface area contributed by atoms with Gasteiger partial charge in [-0.05, 0) is 0 Å². The number of aliphatic hydroxyl groups is 6. The summed E-state index contributed by atoms with van der Waals surface area (Å²) in [4.78, 5) is 36.4. The fourth-order valence-electron chi connectivity index (χ4n) is 7.05. The Hall–Kier alpha value is -2.83. The third kappa shape index (κ3) is 22.2. The van der Waals surface area contributed by atoms with Crippen LogP contribution in [0.4, 0.5) is 23.3 Å². The minimum absolute atomic E-state index is 0.840. The molecule has 4 fully saturated rings. The Morgan fingerprint density at radius 2 is 0.948 bits per heavy atom. The number of carbonyl (C=O) groups excluding carboxylic acids is 1. The molecule has 0 aromatic rings. The molecule has 0 aromatic carbocycles. The van der Waals surface area contributed by atoms with Gasteiger partial charge in [0, 0.05) is 6.92 Å². The Balaban J connectivity index is 0.00000208. The van der Waals surface area contributed by atoms with Crippen LogP contribution in [-0.4, -0.2) is 259 Å². The van der Waals surface area contributed by atoms with Crippen molar-refractivity contribution in [2.45, 2.75) is 130 Å². The van der Waals surface area contributed by atoms with E-state index in [4.69, 9.17) is 37.7 Å². The number of carbonyl (C=O) groups is 3. The fraction of sp³-hybridized carbons (Fsp3) is 0.885. The number of rotatable bonds is 21. The molecule has 15 N–H and O–H groups in total.